The second-order valence-corrected chi connectivity index (χ2v) is 12.2. The fraction of sp³-hybridized carbons (Fsp3) is 0.531. The smallest absolute Gasteiger partial charge is 0.165 e. The molecule has 5 atom stereocenters. The lowest BCUT2D eigenvalue weighted by molar-refractivity contribution is -0.130. The van der Waals surface area contributed by atoms with Crippen molar-refractivity contribution < 1.29 is 14.3 Å². The molecule has 3 fully saturated rings. The van der Waals surface area contributed by atoms with Crippen LogP contribution in [-0.4, -0.2) is 27.7 Å². The molecular formula is C32H38N2O3. The highest BCUT2D eigenvalue weighted by Crippen LogP contribution is 2.65. The van der Waals surface area contributed by atoms with E-state index in [4.69, 9.17) is 4.74 Å². The van der Waals surface area contributed by atoms with Crippen LogP contribution in [0.3, 0.4) is 0 Å². The molecule has 0 N–H and O–H groups in total. The molecule has 0 saturated heterocycles. The maximum atomic E-state index is 13.8. The molecule has 5 heteroatoms. The van der Waals surface area contributed by atoms with Crippen LogP contribution in [0.15, 0.2) is 60.2 Å². The van der Waals surface area contributed by atoms with Crippen molar-refractivity contribution in [1.29, 1.82) is 0 Å². The lowest BCUT2D eigenvalue weighted by atomic mass is 9.47. The Morgan fingerprint density at radius 2 is 2.00 bits per heavy atom. The first kappa shape index (κ1) is 24.4. The summed E-state index contributed by atoms with van der Waals surface area (Å²) in [6, 6.07) is 8.14. The molecule has 194 valence electrons. The molecule has 3 unspecified atom stereocenters. The third kappa shape index (κ3) is 4.30. The Kier molecular flexibility index (Phi) is 6.21. The van der Waals surface area contributed by atoms with Crippen LogP contribution in [0, 0.1) is 28.6 Å². The quantitative estimate of drug-likeness (QED) is 0.339. The number of rotatable bonds is 6. The standard InChI is InChI=1S/C32H38N2O3/c1-31-11-9-25(35)20-24(31)7-8-27-28(31)10-12-32(2)29(27)19-23(30(32)36)17-22-5-3-6-26(18-22)37-16-4-14-34-15-13-33-21-34/h3,5-6,13,15,17-18,20-21,27-29H,4,7-12,14,16,19H2,1-2H3/t27?,28?,29?,31-,32-/m0/s1. The Labute approximate surface area is 220 Å². The Hall–Kier alpha value is -2.95. The molecule has 2 aromatic rings. The van der Waals surface area contributed by atoms with Gasteiger partial charge in [-0.1, -0.05) is 31.6 Å². The van der Waals surface area contributed by atoms with Gasteiger partial charge in [0.25, 0.3) is 0 Å². The van der Waals surface area contributed by atoms with E-state index >= 15 is 0 Å². The van der Waals surface area contributed by atoms with Gasteiger partial charge in [-0.05, 0) is 104 Å². The van der Waals surface area contributed by atoms with Crippen LogP contribution >= 0.6 is 0 Å². The summed E-state index contributed by atoms with van der Waals surface area (Å²) in [4.78, 5) is 30.0. The fourth-order valence-corrected chi connectivity index (χ4v) is 8.11. The molecule has 1 aromatic carbocycles. The number of carbonyl (C=O) groups excluding carboxylic acids is 2. The third-order valence-corrected chi connectivity index (χ3v) is 10.2. The van der Waals surface area contributed by atoms with Crippen LogP contribution in [0.4, 0.5) is 0 Å². The first-order valence-corrected chi connectivity index (χ1v) is 14.0. The number of hydrogen-bond acceptors (Lipinski definition) is 4. The van der Waals surface area contributed by atoms with Gasteiger partial charge in [0, 0.05) is 30.8 Å². The number of ether oxygens (including phenoxy) is 1. The van der Waals surface area contributed by atoms with Gasteiger partial charge in [0.1, 0.15) is 5.75 Å². The second kappa shape index (κ2) is 9.41. The lowest BCUT2D eigenvalue weighted by Crippen LogP contribution is -2.50. The number of Topliss-reactive ketones (excluding diaryl/α,β-unsaturated/α-hetero) is 1. The Balaban J connectivity index is 1.17. The van der Waals surface area contributed by atoms with Crippen LogP contribution in [0.25, 0.3) is 6.08 Å². The van der Waals surface area contributed by atoms with Gasteiger partial charge in [0.2, 0.25) is 0 Å². The van der Waals surface area contributed by atoms with Crippen molar-refractivity contribution >= 4 is 17.6 Å². The summed E-state index contributed by atoms with van der Waals surface area (Å²) in [6.45, 7) is 6.16. The Bertz CT molecular complexity index is 1260. The molecule has 0 radical (unpaired) electrons. The Morgan fingerprint density at radius 3 is 2.84 bits per heavy atom. The van der Waals surface area contributed by atoms with E-state index in [0.29, 0.717) is 42.3 Å². The number of benzene rings is 1. The van der Waals surface area contributed by atoms with Gasteiger partial charge in [0.05, 0.1) is 12.9 Å². The van der Waals surface area contributed by atoms with Crippen LogP contribution in [0.5, 0.6) is 5.75 Å². The summed E-state index contributed by atoms with van der Waals surface area (Å²) >= 11 is 0. The first-order valence-electron chi connectivity index (χ1n) is 14.0. The number of imidazole rings is 1. The number of aromatic nitrogens is 2. The van der Waals surface area contributed by atoms with Gasteiger partial charge in [-0.25, -0.2) is 4.98 Å². The third-order valence-electron chi connectivity index (χ3n) is 10.2. The highest BCUT2D eigenvalue weighted by atomic mass is 16.5. The van der Waals surface area contributed by atoms with E-state index < -0.39 is 0 Å². The number of hydrogen-bond donors (Lipinski definition) is 0. The first-order chi connectivity index (χ1) is 17.9. The zero-order valence-electron chi connectivity index (χ0n) is 22.1. The number of aryl methyl sites for hydroxylation is 1. The van der Waals surface area contributed by atoms with Gasteiger partial charge in [-0.2, -0.15) is 0 Å². The highest BCUT2D eigenvalue weighted by Gasteiger charge is 2.60. The number of fused-ring (bicyclic) bond motifs is 5. The number of allylic oxidation sites excluding steroid dienone is 2. The predicted molar refractivity (Wildman–Crippen MR) is 144 cm³/mol. The van der Waals surface area contributed by atoms with Gasteiger partial charge in [-0.3, -0.25) is 9.59 Å². The van der Waals surface area contributed by atoms with Crippen molar-refractivity contribution in [3.63, 3.8) is 0 Å². The largest absolute Gasteiger partial charge is 0.494 e. The van der Waals surface area contributed by atoms with E-state index in [1.807, 2.05) is 30.7 Å². The molecule has 0 amide bonds. The lowest BCUT2D eigenvalue weighted by Gasteiger charge is -2.56. The van der Waals surface area contributed by atoms with Crippen LogP contribution < -0.4 is 4.74 Å². The van der Waals surface area contributed by atoms with E-state index in [0.717, 1.165) is 68.4 Å². The van der Waals surface area contributed by atoms with Crippen LogP contribution in [0.2, 0.25) is 0 Å². The van der Waals surface area contributed by atoms with Crippen molar-refractivity contribution in [3.8, 4) is 5.75 Å². The molecule has 1 heterocycles. The predicted octanol–water partition coefficient (Wildman–Crippen LogP) is 6.45. The minimum absolute atomic E-state index is 0.136. The van der Waals surface area contributed by atoms with E-state index in [1.54, 1.807) is 6.20 Å². The van der Waals surface area contributed by atoms with Gasteiger partial charge < -0.3 is 9.30 Å². The summed E-state index contributed by atoms with van der Waals surface area (Å²) in [5.41, 5.74) is 3.29. The average Bonchev–Trinajstić information content (AvgIpc) is 3.49. The van der Waals surface area contributed by atoms with E-state index in [2.05, 4.69) is 41.6 Å². The van der Waals surface area contributed by atoms with Crippen LogP contribution in [0.1, 0.15) is 70.8 Å². The summed E-state index contributed by atoms with van der Waals surface area (Å²) in [5.74, 6) is 3.06. The summed E-state index contributed by atoms with van der Waals surface area (Å²) in [5, 5.41) is 0. The molecule has 6 rings (SSSR count). The van der Waals surface area contributed by atoms with Crippen LogP contribution in [-0.2, 0) is 16.1 Å². The average molecular weight is 499 g/mol. The monoisotopic (exact) mass is 498 g/mol. The molecule has 0 bridgehead atoms. The number of carbonyl (C=O) groups is 2. The van der Waals surface area contributed by atoms with Crippen molar-refractivity contribution in [2.45, 2.75) is 71.8 Å². The zero-order valence-corrected chi connectivity index (χ0v) is 22.1. The minimum Gasteiger partial charge on any atom is -0.494 e. The zero-order chi connectivity index (χ0) is 25.6. The summed E-state index contributed by atoms with van der Waals surface area (Å²) < 4.78 is 8.07. The van der Waals surface area contributed by atoms with Crippen molar-refractivity contribution in [1.82, 2.24) is 9.55 Å². The number of nitrogens with zero attached hydrogens (tertiary/aromatic N) is 2. The van der Waals surface area contributed by atoms with Gasteiger partial charge in [-0.15, -0.1) is 0 Å². The molecular weight excluding hydrogens is 460 g/mol. The molecule has 5 nitrogen and oxygen atoms in total. The SMILES string of the molecule is C[C@]12CCC(=O)C=C1CCC1C2CC[C@]2(C)C(=O)C(=Cc3cccc(OCCCn4ccnc4)c3)CC12. The molecule has 4 aliphatic carbocycles. The fourth-order valence-electron chi connectivity index (χ4n) is 8.11. The second-order valence-electron chi connectivity index (χ2n) is 12.2. The van der Waals surface area contributed by atoms with Gasteiger partial charge >= 0.3 is 0 Å². The maximum absolute atomic E-state index is 13.8. The molecule has 1 aromatic heterocycles. The summed E-state index contributed by atoms with van der Waals surface area (Å²) in [6.07, 6.45) is 17.3. The van der Waals surface area contributed by atoms with E-state index in [-0.39, 0.29) is 10.8 Å². The van der Waals surface area contributed by atoms with E-state index in [9.17, 15) is 9.59 Å². The Morgan fingerprint density at radius 1 is 1.11 bits per heavy atom. The van der Waals surface area contributed by atoms with Crippen molar-refractivity contribution in [2.75, 3.05) is 6.61 Å². The molecule has 37 heavy (non-hydrogen) atoms. The molecule has 3 saturated carbocycles. The van der Waals surface area contributed by atoms with Crippen molar-refractivity contribution in [2.24, 2.45) is 28.6 Å². The molecule has 0 aliphatic heterocycles. The highest BCUT2D eigenvalue weighted by molar-refractivity contribution is 6.06. The number of ketones is 2. The van der Waals surface area contributed by atoms with Gasteiger partial charge in [0.15, 0.2) is 11.6 Å². The maximum Gasteiger partial charge on any atom is 0.165 e. The summed E-state index contributed by atoms with van der Waals surface area (Å²) in [7, 11) is 0. The molecule has 0 spiro atoms. The van der Waals surface area contributed by atoms with Crippen molar-refractivity contribution in [3.05, 3.63) is 65.8 Å². The normalized spacial score (nSPS) is 34.1. The van der Waals surface area contributed by atoms with E-state index in [1.165, 1.54) is 5.57 Å². The minimum atomic E-state index is -0.253. The molecule has 4 aliphatic rings. The topological polar surface area (TPSA) is 61.2 Å².